The molecule has 2 rings (SSSR count). The summed E-state index contributed by atoms with van der Waals surface area (Å²) in [6.45, 7) is 0. The Morgan fingerprint density at radius 1 is 1.00 bits per heavy atom. The van der Waals surface area contributed by atoms with Crippen LogP contribution in [0.4, 0.5) is 0 Å². The maximum atomic E-state index is 10.7. The van der Waals surface area contributed by atoms with Gasteiger partial charge in [-0.3, -0.25) is 4.79 Å². The Balaban J connectivity index is 2.97. The average molecular weight is 260 g/mol. The van der Waals surface area contributed by atoms with Gasteiger partial charge in [-0.1, -0.05) is 46.9 Å². The lowest BCUT2D eigenvalue weighted by Gasteiger charge is -2.06. The van der Waals surface area contributed by atoms with Crippen LogP contribution in [0.25, 0.3) is 10.8 Å². The molecule has 0 saturated carbocycles. The molecule has 0 bridgehead atoms. The van der Waals surface area contributed by atoms with Gasteiger partial charge in [0.2, 0.25) is 0 Å². The lowest BCUT2D eigenvalue weighted by atomic mass is 10.1. The summed E-state index contributed by atoms with van der Waals surface area (Å²) in [5.74, 6) is 0. The van der Waals surface area contributed by atoms with E-state index in [1.807, 2.05) is 6.07 Å². The molecule has 0 atom stereocenters. The SMILES string of the molecule is O=Cc1cc2c(Cl)cccc2c(Cl)c1Cl. The Kier molecular flexibility index (Phi) is 2.87. The molecule has 0 unspecified atom stereocenters. The van der Waals surface area contributed by atoms with Crippen molar-refractivity contribution in [1.29, 1.82) is 0 Å². The second-order valence-corrected chi connectivity index (χ2v) is 4.21. The molecule has 0 N–H and O–H groups in total. The van der Waals surface area contributed by atoms with Gasteiger partial charge in [-0.15, -0.1) is 0 Å². The molecule has 0 aliphatic carbocycles. The summed E-state index contributed by atoms with van der Waals surface area (Å²) < 4.78 is 0. The van der Waals surface area contributed by atoms with Crippen LogP contribution in [0.2, 0.25) is 15.1 Å². The minimum atomic E-state index is 0.265. The molecule has 0 amide bonds. The van der Waals surface area contributed by atoms with Crippen molar-refractivity contribution in [3.63, 3.8) is 0 Å². The summed E-state index contributed by atoms with van der Waals surface area (Å²) in [5.41, 5.74) is 0.349. The van der Waals surface area contributed by atoms with Crippen LogP contribution >= 0.6 is 34.8 Å². The molecule has 76 valence electrons. The quantitative estimate of drug-likeness (QED) is 0.683. The third-order valence-corrected chi connectivity index (χ3v) is 3.39. The molecule has 0 aliphatic rings. The zero-order valence-corrected chi connectivity index (χ0v) is 9.70. The van der Waals surface area contributed by atoms with E-state index in [9.17, 15) is 4.79 Å². The van der Waals surface area contributed by atoms with Gasteiger partial charge in [0.05, 0.1) is 10.0 Å². The van der Waals surface area contributed by atoms with Crippen molar-refractivity contribution in [1.82, 2.24) is 0 Å². The number of benzene rings is 2. The second-order valence-electron chi connectivity index (χ2n) is 3.05. The highest BCUT2D eigenvalue weighted by molar-refractivity contribution is 6.47. The predicted octanol–water partition coefficient (Wildman–Crippen LogP) is 4.61. The van der Waals surface area contributed by atoms with Crippen LogP contribution in [-0.2, 0) is 0 Å². The Bertz CT molecular complexity index is 549. The van der Waals surface area contributed by atoms with Gasteiger partial charge in [-0.05, 0) is 12.1 Å². The van der Waals surface area contributed by atoms with E-state index in [0.717, 1.165) is 10.8 Å². The van der Waals surface area contributed by atoms with Crippen LogP contribution in [0.15, 0.2) is 24.3 Å². The number of hydrogen-bond donors (Lipinski definition) is 0. The summed E-state index contributed by atoms with van der Waals surface area (Å²) in [7, 11) is 0. The van der Waals surface area contributed by atoms with Crippen molar-refractivity contribution in [2.45, 2.75) is 0 Å². The standard InChI is InChI=1S/C11H5Cl3O/c12-9-3-1-2-7-8(9)4-6(5-15)10(13)11(7)14/h1-5H. The molecular weight excluding hydrogens is 254 g/mol. The van der Waals surface area contributed by atoms with Crippen LogP contribution in [0.3, 0.4) is 0 Å². The first-order chi connectivity index (χ1) is 7.15. The van der Waals surface area contributed by atoms with E-state index in [0.29, 0.717) is 21.9 Å². The number of hydrogen-bond acceptors (Lipinski definition) is 1. The second kappa shape index (κ2) is 4.01. The van der Waals surface area contributed by atoms with E-state index in [4.69, 9.17) is 34.8 Å². The molecule has 0 radical (unpaired) electrons. The third-order valence-electron chi connectivity index (χ3n) is 2.16. The highest BCUT2D eigenvalue weighted by atomic mass is 35.5. The average Bonchev–Trinajstić information content (AvgIpc) is 2.24. The van der Waals surface area contributed by atoms with Crippen LogP contribution in [0.5, 0.6) is 0 Å². The van der Waals surface area contributed by atoms with E-state index in [1.54, 1.807) is 18.2 Å². The Hall–Kier alpha value is -0.760. The van der Waals surface area contributed by atoms with Gasteiger partial charge in [0, 0.05) is 21.4 Å². The first-order valence-electron chi connectivity index (χ1n) is 4.16. The largest absolute Gasteiger partial charge is 0.298 e. The van der Waals surface area contributed by atoms with Gasteiger partial charge in [-0.2, -0.15) is 0 Å². The first-order valence-corrected chi connectivity index (χ1v) is 5.30. The highest BCUT2D eigenvalue weighted by Crippen LogP contribution is 2.36. The van der Waals surface area contributed by atoms with Crippen molar-refractivity contribution in [2.75, 3.05) is 0 Å². The van der Waals surface area contributed by atoms with Crippen molar-refractivity contribution in [3.8, 4) is 0 Å². The van der Waals surface area contributed by atoms with E-state index >= 15 is 0 Å². The fraction of sp³-hybridized carbons (Fsp3) is 0. The van der Waals surface area contributed by atoms with Gasteiger partial charge in [-0.25, -0.2) is 0 Å². The van der Waals surface area contributed by atoms with E-state index in [2.05, 4.69) is 0 Å². The summed E-state index contributed by atoms with van der Waals surface area (Å²) in [6.07, 6.45) is 0.664. The van der Waals surface area contributed by atoms with Gasteiger partial charge < -0.3 is 0 Å². The van der Waals surface area contributed by atoms with Crippen molar-refractivity contribution < 1.29 is 4.79 Å². The van der Waals surface area contributed by atoms with Gasteiger partial charge in [0.15, 0.2) is 6.29 Å². The lowest BCUT2D eigenvalue weighted by molar-refractivity contribution is 0.112. The Morgan fingerprint density at radius 3 is 2.40 bits per heavy atom. The van der Waals surface area contributed by atoms with Crippen LogP contribution in [-0.4, -0.2) is 6.29 Å². The smallest absolute Gasteiger partial charge is 0.151 e. The van der Waals surface area contributed by atoms with Gasteiger partial charge >= 0.3 is 0 Å². The molecule has 15 heavy (non-hydrogen) atoms. The number of rotatable bonds is 1. The maximum absolute atomic E-state index is 10.7. The summed E-state index contributed by atoms with van der Waals surface area (Å²) in [6, 6.07) is 6.97. The fourth-order valence-electron chi connectivity index (χ4n) is 1.42. The first kappa shape index (κ1) is 10.7. The van der Waals surface area contributed by atoms with Crippen LogP contribution in [0.1, 0.15) is 10.4 Å². The van der Waals surface area contributed by atoms with E-state index < -0.39 is 0 Å². The summed E-state index contributed by atoms with van der Waals surface area (Å²) >= 11 is 17.9. The monoisotopic (exact) mass is 258 g/mol. The van der Waals surface area contributed by atoms with Crippen LogP contribution < -0.4 is 0 Å². The number of aldehydes is 1. The zero-order chi connectivity index (χ0) is 11.0. The van der Waals surface area contributed by atoms with Crippen molar-refractivity contribution >= 4 is 51.9 Å². The van der Waals surface area contributed by atoms with Crippen LogP contribution in [0, 0.1) is 0 Å². The molecule has 0 fully saturated rings. The maximum Gasteiger partial charge on any atom is 0.151 e. The van der Waals surface area contributed by atoms with E-state index in [1.165, 1.54) is 0 Å². The summed E-state index contributed by atoms with van der Waals surface area (Å²) in [4.78, 5) is 10.7. The predicted molar refractivity (Wildman–Crippen MR) is 64.4 cm³/mol. The van der Waals surface area contributed by atoms with Gasteiger partial charge in [0.1, 0.15) is 0 Å². The van der Waals surface area contributed by atoms with Crippen molar-refractivity contribution in [2.24, 2.45) is 0 Å². The molecule has 4 heteroatoms. The normalized spacial score (nSPS) is 10.6. The lowest BCUT2D eigenvalue weighted by Crippen LogP contribution is -1.86. The Labute approximate surface area is 102 Å². The molecule has 0 spiro atoms. The number of carbonyl (C=O) groups is 1. The minimum Gasteiger partial charge on any atom is -0.298 e. The van der Waals surface area contributed by atoms with E-state index in [-0.39, 0.29) is 5.02 Å². The number of fused-ring (bicyclic) bond motifs is 1. The molecule has 1 nitrogen and oxygen atoms in total. The highest BCUT2D eigenvalue weighted by Gasteiger charge is 2.10. The zero-order valence-electron chi connectivity index (χ0n) is 7.43. The molecule has 0 aromatic heterocycles. The summed E-state index contributed by atoms with van der Waals surface area (Å²) in [5, 5.41) is 2.66. The molecule has 2 aromatic carbocycles. The third kappa shape index (κ3) is 1.71. The topological polar surface area (TPSA) is 17.1 Å². The number of carbonyl (C=O) groups excluding carboxylic acids is 1. The Morgan fingerprint density at radius 2 is 1.73 bits per heavy atom. The molecule has 2 aromatic rings. The molecular formula is C11H5Cl3O. The minimum absolute atomic E-state index is 0.265. The molecule has 0 saturated heterocycles. The van der Waals surface area contributed by atoms with Gasteiger partial charge in [0.25, 0.3) is 0 Å². The molecule has 0 heterocycles. The van der Waals surface area contributed by atoms with Crippen molar-refractivity contribution in [3.05, 3.63) is 44.9 Å². The number of halogens is 3. The fourth-order valence-corrected chi connectivity index (χ4v) is 2.13. The molecule has 0 aliphatic heterocycles.